The number of benzene rings is 1. The molecule has 0 spiro atoms. The van der Waals surface area contributed by atoms with Crippen LogP contribution in [0.3, 0.4) is 0 Å². The maximum atomic E-state index is 11.9. The van der Waals surface area contributed by atoms with Crippen molar-refractivity contribution in [2.75, 3.05) is 0 Å². The van der Waals surface area contributed by atoms with Crippen LogP contribution in [0.5, 0.6) is 5.75 Å². The van der Waals surface area contributed by atoms with Crippen LogP contribution in [-0.4, -0.2) is 29.4 Å². The lowest BCUT2D eigenvalue weighted by molar-refractivity contribution is 0.0969. The molecule has 1 aromatic heterocycles. The minimum absolute atomic E-state index is 0.119. The SMILES string of the molecule is Cn1c(C(=O)NC(=N)N)cc2c(Cl)cc(OS(=O)(=O)O)cc21. The van der Waals surface area contributed by atoms with E-state index in [4.69, 9.17) is 27.3 Å². The average molecular weight is 347 g/mol. The molecule has 0 atom stereocenters. The lowest BCUT2D eigenvalue weighted by atomic mass is 10.2. The predicted molar refractivity (Wildman–Crippen MR) is 79.5 cm³/mol. The van der Waals surface area contributed by atoms with E-state index in [1.165, 1.54) is 29.8 Å². The number of fused-ring (bicyclic) bond motifs is 1. The molecule has 0 aliphatic heterocycles. The summed E-state index contributed by atoms with van der Waals surface area (Å²) in [4.78, 5) is 11.9. The summed E-state index contributed by atoms with van der Waals surface area (Å²) in [5.74, 6) is -1.35. The summed E-state index contributed by atoms with van der Waals surface area (Å²) in [5.41, 5.74) is 5.64. The third-order valence-electron chi connectivity index (χ3n) is 2.77. The molecular formula is C11H11ClN4O5S. The van der Waals surface area contributed by atoms with E-state index >= 15 is 0 Å². The number of amides is 1. The van der Waals surface area contributed by atoms with Gasteiger partial charge in [-0.05, 0) is 6.07 Å². The zero-order valence-electron chi connectivity index (χ0n) is 11.1. The van der Waals surface area contributed by atoms with Crippen molar-refractivity contribution in [2.45, 2.75) is 0 Å². The summed E-state index contributed by atoms with van der Waals surface area (Å²) in [6.45, 7) is 0. The molecule has 0 saturated heterocycles. The molecule has 0 aliphatic carbocycles. The first kappa shape index (κ1) is 16.1. The Bertz CT molecular complexity index is 890. The van der Waals surface area contributed by atoms with Crippen LogP contribution in [0.1, 0.15) is 10.5 Å². The van der Waals surface area contributed by atoms with Crippen molar-refractivity contribution in [3.63, 3.8) is 0 Å². The van der Waals surface area contributed by atoms with Crippen LogP contribution in [-0.2, 0) is 17.4 Å². The van der Waals surface area contributed by atoms with Gasteiger partial charge in [-0.1, -0.05) is 11.6 Å². The molecule has 2 rings (SSSR count). The highest BCUT2D eigenvalue weighted by Gasteiger charge is 2.18. The second kappa shape index (κ2) is 5.48. The molecule has 0 aliphatic rings. The van der Waals surface area contributed by atoms with E-state index in [0.717, 1.165) is 0 Å². The number of nitrogens with one attached hydrogen (secondary N) is 2. The quantitative estimate of drug-likeness (QED) is 0.364. The maximum Gasteiger partial charge on any atom is 0.446 e. The number of nitrogens with zero attached hydrogens (tertiary/aromatic N) is 1. The predicted octanol–water partition coefficient (Wildman–Crippen LogP) is 0.637. The lowest BCUT2D eigenvalue weighted by Crippen LogP contribution is -2.36. The number of guanidine groups is 1. The minimum Gasteiger partial charge on any atom is -0.370 e. The van der Waals surface area contributed by atoms with Gasteiger partial charge in [0, 0.05) is 24.6 Å². The van der Waals surface area contributed by atoms with Crippen LogP contribution in [0.2, 0.25) is 5.02 Å². The van der Waals surface area contributed by atoms with Crippen LogP contribution in [0.4, 0.5) is 0 Å². The zero-order valence-corrected chi connectivity index (χ0v) is 12.7. The molecule has 5 N–H and O–H groups in total. The van der Waals surface area contributed by atoms with E-state index < -0.39 is 22.3 Å². The number of aryl methyl sites for hydroxylation is 1. The van der Waals surface area contributed by atoms with Gasteiger partial charge in [-0.15, -0.1) is 0 Å². The highest BCUT2D eigenvalue weighted by molar-refractivity contribution is 7.81. The highest BCUT2D eigenvalue weighted by Crippen LogP contribution is 2.31. The Morgan fingerprint density at radius 2 is 2.09 bits per heavy atom. The number of aromatic nitrogens is 1. The van der Waals surface area contributed by atoms with Crippen LogP contribution < -0.4 is 15.2 Å². The first-order valence-electron chi connectivity index (χ1n) is 5.69. The molecule has 0 bridgehead atoms. The van der Waals surface area contributed by atoms with Gasteiger partial charge < -0.3 is 14.5 Å². The van der Waals surface area contributed by atoms with Gasteiger partial charge in [-0.3, -0.25) is 20.1 Å². The summed E-state index contributed by atoms with van der Waals surface area (Å²) in [6.07, 6.45) is 0. The van der Waals surface area contributed by atoms with Gasteiger partial charge in [0.05, 0.1) is 10.5 Å². The zero-order chi connectivity index (χ0) is 16.7. The molecule has 1 aromatic carbocycles. The van der Waals surface area contributed by atoms with E-state index in [0.29, 0.717) is 10.9 Å². The minimum atomic E-state index is -4.69. The van der Waals surface area contributed by atoms with Crippen molar-refractivity contribution < 1.29 is 21.9 Å². The van der Waals surface area contributed by atoms with Gasteiger partial charge in [-0.25, -0.2) is 0 Å². The third-order valence-corrected chi connectivity index (χ3v) is 3.48. The fraction of sp³-hybridized carbons (Fsp3) is 0.0909. The smallest absolute Gasteiger partial charge is 0.370 e. The van der Waals surface area contributed by atoms with Gasteiger partial charge in [0.15, 0.2) is 5.96 Å². The molecule has 2 aromatic rings. The first-order valence-corrected chi connectivity index (χ1v) is 7.44. The summed E-state index contributed by atoms with van der Waals surface area (Å²) in [5, 5.41) is 9.75. The van der Waals surface area contributed by atoms with Crippen molar-refractivity contribution in [2.24, 2.45) is 12.8 Å². The first-order chi connectivity index (χ1) is 10.1. The normalized spacial score (nSPS) is 11.4. The van der Waals surface area contributed by atoms with Crippen molar-refractivity contribution >= 4 is 44.8 Å². The molecular weight excluding hydrogens is 336 g/mol. The maximum absolute atomic E-state index is 11.9. The largest absolute Gasteiger partial charge is 0.446 e. The number of hydrogen-bond acceptors (Lipinski definition) is 5. The van der Waals surface area contributed by atoms with Crippen LogP contribution in [0, 0.1) is 5.41 Å². The Morgan fingerprint density at radius 1 is 1.45 bits per heavy atom. The second-order valence-corrected chi connectivity index (χ2v) is 5.73. The van der Waals surface area contributed by atoms with Gasteiger partial charge in [0.2, 0.25) is 0 Å². The second-order valence-electron chi connectivity index (χ2n) is 4.31. The Balaban J connectivity index is 2.57. The van der Waals surface area contributed by atoms with Gasteiger partial charge in [0.1, 0.15) is 11.4 Å². The molecule has 11 heteroatoms. The summed E-state index contributed by atoms with van der Waals surface area (Å²) >= 11 is 6.02. The van der Waals surface area contributed by atoms with Gasteiger partial charge >= 0.3 is 10.4 Å². The van der Waals surface area contributed by atoms with Crippen molar-refractivity contribution in [1.82, 2.24) is 9.88 Å². The van der Waals surface area contributed by atoms with Crippen LogP contribution in [0.25, 0.3) is 10.9 Å². The molecule has 22 heavy (non-hydrogen) atoms. The summed E-state index contributed by atoms with van der Waals surface area (Å²) < 4.78 is 36.0. The van der Waals surface area contributed by atoms with E-state index in [1.54, 1.807) is 0 Å². The fourth-order valence-corrected chi connectivity index (χ4v) is 2.54. The average Bonchev–Trinajstić information content (AvgIpc) is 2.65. The topological polar surface area (TPSA) is 148 Å². The molecule has 1 heterocycles. The molecule has 0 unspecified atom stereocenters. The standard InChI is InChI=1S/C11H11ClN4O5S/c1-16-8-3-5(21-22(18,19)20)2-7(12)6(8)4-9(16)10(17)15-11(13)14/h2-4H,1H3,(H,18,19,20)(H4,13,14,15,17). The lowest BCUT2D eigenvalue weighted by Gasteiger charge is -2.06. The van der Waals surface area contributed by atoms with E-state index in [9.17, 15) is 13.2 Å². The molecule has 0 fully saturated rings. The van der Waals surface area contributed by atoms with Crippen molar-refractivity contribution in [3.8, 4) is 5.75 Å². The van der Waals surface area contributed by atoms with E-state index in [-0.39, 0.29) is 16.5 Å². The third kappa shape index (κ3) is 3.30. The number of nitrogens with two attached hydrogens (primary N) is 1. The summed E-state index contributed by atoms with van der Waals surface area (Å²) in [7, 11) is -3.16. The number of carbonyl (C=O) groups excluding carboxylic acids is 1. The van der Waals surface area contributed by atoms with Gasteiger partial charge in [0.25, 0.3) is 5.91 Å². The molecule has 0 radical (unpaired) electrons. The Kier molecular flexibility index (Phi) is 4.00. The number of rotatable bonds is 3. The molecule has 0 saturated carbocycles. The Hall–Kier alpha value is -2.30. The molecule has 1 amide bonds. The van der Waals surface area contributed by atoms with Crippen molar-refractivity contribution in [3.05, 3.63) is 28.9 Å². The van der Waals surface area contributed by atoms with Crippen molar-refractivity contribution in [1.29, 1.82) is 5.41 Å². The number of hydrogen-bond donors (Lipinski definition) is 4. The fourth-order valence-electron chi connectivity index (χ4n) is 1.94. The Labute approximate surface area is 130 Å². The summed E-state index contributed by atoms with van der Waals surface area (Å²) in [6, 6.07) is 3.93. The van der Waals surface area contributed by atoms with Crippen LogP contribution in [0.15, 0.2) is 18.2 Å². The van der Waals surface area contributed by atoms with E-state index in [1.807, 2.05) is 0 Å². The Morgan fingerprint density at radius 3 is 2.64 bits per heavy atom. The highest BCUT2D eigenvalue weighted by atomic mass is 35.5. The van der Waals surface area contributed by atoms with Gasteiger partial charge in [-0.2, -0.15) is 8.42 Å². The number of carbonyl (C=O) groups is 1. The molecule has 9 nitrogen and oxygen atoms in total. The van der Waals surface area contributed by atoms with E-state index in [2.05, 4.69) is 9.50 Å². The van der Waals surface area contributed by atoms with Crippen LogP contribution >= 0.6 is 11.6 Å². The monoisotopic (exact) mass is 346 g/mol. The number of halogens is 1. The molecule has 118 valence electrons.